The molecule has 2 aliphatic heterocycles. The molecular weight excluding hydrogens is 440 g/mol. The molecule has 1 atom stereocenters. The molecule has 182 valence electrons. The quantitative estimate of drug-likeness (QED) is 0.462. The van der Waals surface area contributed by atoms with Crippen LogP contribution in [0.3, 0.4) is 0 Å². The van der Waals surface area contributed by atoms with Crippen LogP contribution in [0.5, 0.6) is 0 Å². The lowest BCUT2D eigenvalue weighted by Crippen LogP contribution is -2.43. The summed E-state index contributed by atoms with van der Waals surface area (Å²) in [6.45, 7) is 10.7. The molecule has 1 spiro atoms. The van der Waals surface area contributed by atoms with Crippen molar-refractivity contribution >= 4 is 17.1 Å². The first kappa shape index (κ1) is 21.9. The van der Waals surface area contributed by atoms with Crippen molar-refractivity contribution in [2.45, 2.75) is 64.6 Å². The lowest BCUT2D eigenvalue weighted by atomic mass is 9.82. The molecule has 1 fully saturated rings. The summed E-state index contributed by atoms with van der Waals surface area (Å²) in [6.07, 6.45) is 7.75. The second-order valence-corrected chi connectivity index (χ2v) is 10.5. The molecule has 0 aromatic carbocycles. The number of carbonyl (C=O) groups is 1. The van der Waals surface area contributed by atoms with Crippen molar-refractivity contribution in [1.82, 2.24) is 39.7 Å². The summed E-state index contributed by atoms with van der Waals surface area (Å²) < 4.78 is 4.17. The molecule has 2 N–H and O–H groups in total. The van der Waals surface area contributed by atoms with Crippen molar-refractivity contribution in [1.29, 1.82) is 0 Å². The second-order valence-electron chi connectivity index (χ2n) is 10.5. The third kappa shape index (κ3) is 3.52. The van der Waals surface area contributed by atoms with Crippen LogP contribution in [0.15, 0.2) is 36.8 Å². The van der Waals surface area contributed by atoms with E-state index in [1.165, 1.54) is 5.69 Å². The van der Waals surface area contributed by atoms with Gasteiger partial charge in [0.15, 0.2) is 0 Å². The van der Waals surface area contributed by atoms with E-state index in [1.807, 2.05) is 48.1 Å². The fraction of sp³-hybridized carbons (Fsp3) is 0.462. The highest BCUT2D eigenvalue weighted by Crippen LogP contribution is 2.44. The van der Waals surface area contributed by atoms with Crippen LogP contribution in [0.2, 0.25) is 0 Å². The number of aromatic nitrogens is 6. The SMILES string of the molecule is CC(C)NC(=O)N1CCC2(CCn3nc(-c4cnc5[nH]cc(-c6ccnn6C(C)C)c5c4)cc32)C1. The number of H-pyrrole nitrogens is 1. The fourth-order valence-corrected chi connectivity index (χ4v) is 5.69. The van der Waals surface area contributed by atoms with E-state index in [0.29, 0.717) is 0 Å². The van der Waals surface area contributed by atoms with Crippen molar-refractivity contribution in [3.8, 4) is 22.5 Å². The van der Waals surface area contributed by atoms with Crippen molar-refractivity contribution in [3.05, 3.63) is 42.5 Å². The molecule has 4 aromatic rings. The molecule has 1 saturated heterocycles. The van der Waals surface area contributed by atoms with E-state index in [1.54, 1.807) is 0 Å². The number of hydrogen-bond acceptors (Lipinski definition) is 4. The molecule has 35 heavy (non-hydrogen) atoms. The number of aryl methyl sites for hydroxylation is 1. The van der Waals surface area contributed by atoms with E-state index < -0.39 is 0 Å². The molecule has 0 bridgehead atoms. The number of nitrogens with one attached hydrogen (secondary N) is 2. The van der Waals surface area contributed by atoms with Crippen molar-refractivity contribution in [2.24, 2.45) is 0 Å². The van der Waals surface area contributed by atoms with E-state index >= 15 is 0 Å². The van der Waals surface area contributed by atoms with E-state index in [-0.39, 0.29) is 23.5 Å². The van der Waals surface area contributed by atoms with Gasteiger partial charge in [-0.05, 0) is 58.7 Å². The molecule has 6 heterocycles. The van der Waals surface area contributed by atoms with Crippen molar-refractivity contribution in [3.63, 3.8) is 0 Å². The maximum Gasteiger partial charge on any atom is 0.317 e. The van der Waals surface area contributed by atoms with Gasteiger partial charge in [0.25, 0.3) is 0 Å². The number of hydrogen-bond donors (Lipinski definition) is 2. The summed E-state index contributed by atoms with van der Waals surface area (Å²) in [5.74, 6) is 0. The topological polar surface area (TPSA) is 96.7 Å². The first-order valence-electron chi connectivity index (χ1n) is 12.5. The Labute approximate surface area is 204 Å². The molecule has 4 aromatic heterocycles. The van der Waals surface area contributed by atoms with Crippen molar-refractivity contribution < 1.29 is 4.79 Å². The number of urea groups is 1. The smallest absolute Gasteiger partial charge is 0.317 e. The Balaban J connectivity index is 1.33. The number of fused-ring (bicyclic) bond motifs is 3. The molecule has 9 nitrogen and oxygen atoms in total. The number of pyridine rings is 1. The minimum absolute atomic E-state index is 0.0138. The van der Waals surface area contributed by atoms with Gasteiger partial charge in [-0.25, -0.2) is 9.78 Å². The molecule has 0 aliphatic carbocycles. The van der Waals surface area contributed by atoms with Crippen LogP contribution in [-0.2, 0) is 12.0 Å². The number of rotatable bonds is 4. The molecule has 2 aliphatic rings. The van der Waals surface area contributed by atoms with Gasteiger partial charge >= 0.3 is 6.03 Å². The van der Waals surface area contributed by atoms with Gasteiger partial charge in [0.1, 0.15) is 5.65 Å². The van der Waals surface area contributed by atoms with Crippen LogP contribution in [0.1, 0.15) is 52.3 Å². The first-order chi connectivity index (χ1) is 16.8. The molecule has 1 unspecified atom stereocenters. The lowest BCUT2D eigenvalue weighted by Gasteiger charge is -2.24. The zero-order valence-electron chi connectivity index (χ0n) is 20.7. The van der Waals surface area contributed by atoms with Crippen LogP contribution in [0, 0.1) is 0 Å². The van der Waals surface area contributed by atoms with Gasteiger partial charge in [0.2, 0.25) is 0 Å². The Morgan fingerprint density at radius 2 is 2.00 bits per heavy atom. The third-order valence-electron chi connectivity index (χ3n) is 7.44. The molecular formula is C26H32N8O. The number of likely N-dealkylation sites (tertiary alicyclic amines) is 1. The highest BCUT2D eigenvalue weighted by molar-refractivity contribution is 5.94. The molecule has 0 radical (unpaired) electrons. The largest absolute Gasteiger partial charge is 0.345 e. The Morgan fingerprint density at radius 3 is 2.80 bits per heavy atom. The van der Waals surface area contributed by atoms with Gasteiger partial charge in [-0.3, -0.25) is 9.36 Å². The van der Waals surface area contributed by atoms with Gasteiger partial charge in [-0.1, -0.05) is 0 Å². The number of aromatic amines is 1. The van der Waals surface area contributed by atoms with Crippen LogP contribution in [0.25, 0.3) is 33.5 Å². The summed E-state index contributed by atoms with van der Waals surface area (Å²) in [4.78, 5) is 22.6. The summed E-state index contributed by atoms with van der Waals surface area (Å²) in [7, 11) is 0. The predicted octanol–water partition coefficient (Wildman–Crippen LogP) is 4.34. The van der Waals surface area contributed by atoms with Crippen LogP contribution in [0.4, 0.5) is 4.79 Å². The summed E-state index contributed by atoms with van der Waals surface area (Å²) in [5, 5.41) is 13.6. The van der Waals surface area contributed by atoms with Crippen LogP contribution in [-0.4, -0.2) is 59.6 Å². The molecule has 9 heteroatoms. The summed E-state index contributed by atoms with van der Waals surface area (Å²) >= 11 is 0. The van der Waals surface area contributed by atoms with Gasteiger partial charge in [0, 0.05) is 77.9 Å². The standard InChI is InChI=1S/C26H32N8O/c1-16(2)30-25(35)32-9-6-26(15-32)7-10-33-23(26)12-21(31-33)18-11-19-20(14-28-24(19)27-13-18)22-5-8-29-34(22)17(3)4/h5,8,11-14,16-17H,6-7,9-10,15H2,1-4H3,(H,27,28)(H,30,35). The Morgan fingerprint density at radius 1 is 1.17 bits per heavy atom. The Kier molecular flexibility index (Phi) is 4.98. The lowest BCUT2D eigenvalue weighted by molar-refractivity contribution is 0.203. The Bertz CT molecular complexity index is 1410. The number of amides is 2. The highest BCUT2D eigenvalue weighted by Gasteiger charge is 2.47. The monoisotopic (exact) mass is 472 g/mol. The highest BCUT2D eigenvalue weighted by atomic mass is 16.2. The Hall–Kier alpha value is -3.62. The van der Waals surface area contributed by atoms with E-state index in [2.05, 4.69) is 46.1 Å². The number of carbonyl (C=O) groups excluding carboxylic acids is 1. The van der Waals surface area contributed by atoms with Gasteiger partial charge in [-0.15, -0.1) is 0 Å². The van der Waals surface area contributed by atoms with Gasteiger partial charge in [-0.2, -0.15) is 10.2 Å². The average Bonchev–Trinajstić information content (AvgIpc) is 3.63. The minimum Gasteiger partial charge on any atom is -0.345 e. The van der Waals surface area contributed by atoms with E-state index in [9.17, 15) is 4.79 Å². The molecule has 6 rings (SSSR count). The van der Waals surface area contributed by atoms with Crippen LogP contribution >= 0.6 is 0 Å². The predicted molar refractivity (Wildman–Crippen MR) is 135 cm³/mol. The first-order valence-corrected chi connectivity index (χ1v) is 12.5. The van der Waals surface area contributed by atoms with Crippen LogP contribution < -0.4 is 5.32 Å². The minimum atomic E-state index is -0.0138. The molecule has 2 amide bonds. The summed E-state index contributed by atoms with van der Waals surface area (Å²) in [5.41, 5.74) is 6.17. The van der Waals surface area contributed by atoms with E-state index in [4.69, 9.17) is 10.1 Å². The third-order valence-corrected chi connectivity index (χ3v) is 7.44. The second kappa shape index (κ2) is 7.96. The van der Waals surface area contributed by atoms with Crippen molar-refractivity contribution in [2.75, 3.05) is 13.1 Å². The number of nitrogens with zero attached hydrogens (tertiary/aromatic N) is 6. The van der Waals surface area contributed by atoms with E-state index in [0.717, 1.165) is 66.0 Å². The van der Waals surface area contributed by atoms with Gasteiger partial charge in [0.05, 0.1) is 11.4 Å². The zero-order valence-corrected chi connectivity index (χ0v) is 20.7. The maximum atomic E-state index is 12.6. The molecule has 0 saturated carbocycles. The fourth-order valence-electron chi connectivity index (χ4n) is 5.69. The normalized spacial score (nSPS) is 19.5. The van der Waals surface area contributed by atoms with Gasteiger partial charge < -0.3 is 15.2 Å². The zero-order chi connectivity index (χ0) is 24.3. The maximum absolute atomic E-state index is 12.6. The summed E-state index contributed by atoms with van der Waals surface area (Å²) in [6, 6.07) is 6.87. The average molecular weight is 473 g/mol.